The van der Waals surface area contributed by atoms with Gasteiger partial charge in [-0.3, -0.25) is 0 Å². The summed E-state index contributed by atoms with van der Waals surface area (Å²) in [6, 6.07) is 10.4. The van der Waals surface area contributed by atoms with Crippen LogP contribution in [0.3, 0.4) is 0 Å². The smallest absolute Gasteiger partial charge is 0.147 e. The molecule has 0 unspecified atom stereocenters. The molecule has 1 aromatic heterocycles. The van der Waals surface area contributed by atoms with E-state index in [1.807, 2.05) is 6.07 Å². The van der Waals surface area contributed by atoms with Crippen molar-refractivity contribution < 1.29 is 4.74 Å². The number of fused-ring (bicyclic) bond motifs is 1. The Kier molecular flexibility index (Phi) is 5.52. The Bertz CT molecular complexity index is 529. The summed E-state index contributed by atoms with van der Waals surface area (Å²) < 4.78 is 7.63. The topological polar surface area (TPSA) is 52.0 Å². The molecule has 0 spiro atoms. The highest BCUT2D eigenvalue weighted by atomic mass is 35.5. The zero-order chi connectivity index (χ0) is 12.9. The molecule has 0 saturated carbocycles. The number of halogens is 1. The SMILES string of the molecule is Cl.c1ccc(CNCc2nnc3n2CCOCC3)cc1. The van der Waals surface area contributed by atoms with Crippen molar-refractivity contribution in [1.29, 1.82) is 0 Å². The van der Waals surface area contributed by atoms with E-state index < -0.39 is 0 Å². The van der Waals surface area contributed by atoms with Crippen molar-refractivity contribution in [2.24, 2.45) is 0 Å². The summed E-state index contributed by atoms with van der Waals surface area (Å²) in [5, 5.41) is 11.9. The maximum Gasteiger partial charge on any atom is 0.147 e. The summed E-state index contributed by atoms with van der Waals surface area (Å²) in [6.07, 6.45) is 0.853. The molecule has 0 bridgehead atoms. The molecule has 1 aliphatic heterocycles. The van der Waals surface area contributed by atoms with Crippen molar-refractivity contribution in [2.75, 3.05) is 13.2 Å². The van der Waals surface area contributed by atoms with E-state index in [9.17, 15) is 0 Å². The van der Waals surface area contributed by atoms with E-state index in [4.69, 9.17) is 4.74 Å². The van der Waals surface area contributed by atoms with Crippen LogP contribution in [0, 0.1) is 0 Å². The second kappa shape index (κ2) is 7.38. The first-order chi connectivity index (χ1) is 9.43. The first-order valence-electron chi connectivity index (χ1n) is 6.67. The first-order valence-corrected chi connectivity index (χ1v) is 6.67. The fraction of sp³-hybridized carbons (Fsp3) is 0.429. The lowest BCUT2D eigenvalue weighted by Crippen LogP contribution is -2.18. The quantitative estimate of drug-likeness (QED) is 0.930. The molecule has 0 saturated heterocycles. The lowest BCUT2D eigenvalue weighted by atomic mass is 10.2. The fourth-order valence-electron chi connectivity index (χ4n) is 2.28. The molecule has 0 atom stereocenters. The summed E-state index contributed by atoms with van der Waals surface area (Å²) >= 11 is 0. The number of ether oxygens (including phenoxy) is 1. The Balaban J connectivity index is 0.00000147. The van der Waals surface area contributed by atoms with Crippen molar-refractivity contribution in [3.05, 3.63) is 47.5 Å². The third-order valence-corrected chi connectivity index (χ3v) is 3.29. The molecule has 0 aliphatic carbocycles. The van der Waals surface area contributed by atoms with Gasteiger partial charge in [0.05, 0.1) is 19.8 Å². The number of hydrogen-bond acceptors (Lipinski definition) is 4. The predicted octanol–water partition coefficient (Wildman–Crippen LogP) is 1.56. The Morgan fingerprint density at radius 3 is 2.80 bits per heavy atom. The van der Waals surface area contributed by atoms with Crippen molar-refractivity contribution in [3.8, 4) is 0 Å². The summed E-state index contributed by atoms with van der Waals surface area (Å²) in [5.41, 5.74) is 1.28. The van der Waals surface area contributed by atoms with E-state index in [0.29, 0.717) is 0 Å². The van der Waals surface area contributed by atoms with Crippen LogP contribution in [0.2, 0.25) is 0 Å². The molecule has 2 aromatic rings. The third kappa shape index (κ3) is 3.56. The van der Waals surface area contributed by atoms with Gasteiger partial charge in [0.15, 0.2) is 0 Å². The molecule has 108 valence electrons. The largest absolute Gasteiger partial charge is 0.379 e. The first kappa shape index (κ1) is 15.0. The Hall–Kier alpha value is -1.43. The molecule has 5 nitrogen and oxygen atoms in total. The van der Waals surface area contributed by atoms with Gasteiger partial charge < -0.3 is 14.6 Å². The highest BCUT2D eigenvalue weighted by molar-refractivity contribution is 5.85. The van der Waals surface area contributed by atoms with E-state index >= 15 is 0 Å². The third-order valence-electron chi connectivity index (χ3n) is 3.29. The van der Waals surface area contributed by atoms with Crippen LogP contribution in [0.5, 0.6) is 0 Å². The minimum absolute atomic E-state index is 0. The van der Waals surface area contributed by atoms with Gasteiger partial charge >= 0.3 is 0 Å². The zero-order valence-corrected chi connectivity index (χ0v) is 12.1. The van der Waals surface area contributed by atoms with E-state index in [1.165, 1.54) is 5.56 Å². The summed E-state index contributed by atoms with van der Waals surface area (Å²) in [7, 11) is 0. The molecular formula is C14H19ClN4O. The van der Waals surface area contributed by atoms with Gasteiger partial charge in [-0.05, 0) is 5.56 Å². The van der Waals surface area contributed by atoms with Crippen LogP contribution in [0.4, 0.5) is 0 Å². The normalized spacial score (nSPS) is 14.2. The second-order valence-corrected chi connectivity index (χ2v) is 4.64. The lowest BCUT2D eigenvalue weighted by molar-refractivity contribution is 0.139. The Morgan fingerprint density at radius 2 is 1.95 bits per heavy atom. The van der Waals surface area contributed by atoms with Crippen LogP contribution in [0.1, 0.15) is 17.2 Å². The molecule has 6 heteroatoms. The molecule has 3 rings (SSSR count). The van der Waals surface area contributed by atoms with Gasteiger partial charge in [-0.25, -0.2) is 0 Å². The predicted molar refractivity (Wildman–Crippen MR) is 78.8 cm³/mol. The standard InChI is InChI=1S/C14H18N4O.ClH/c1-2-4-12(5-3-1)10-15-11-14-17-16-13-6-8-19-9-7-18(13)14;/h1-5,15H,6-11H2;1H. The highest BCUT2D eigenvalue weighted by Crippen LogP contribution is 2.07. The van der Waals surface area contributed by atoms with E-state index in [2.05, 4.69) is 44.3 Å². The van der Waals surface area contributed by atoms with E-state index in [-0.39, 0.29) is 12.4 Å². The van der Waals surface area contributed by atoms with Gasteiger partial charge in [-0.1, -0.05) is 30.3 Å². The van der Waals surface area contributed by atoms with Crippen molar-refractivity contribution in [1.82, 2.24) is 20.1 Å². The van der Waals surface area contributed by atoms with Crippen LogP contribution >= 0.6 is 12.4 Å². The summed E-state index contributed by atoms with van der Waals surface area (Å²) in [5.74, 6) is 2.03. The monoisotopic (exact) mass is 294 g/mol. The maximum absolute atomic E-state index is 5.46. The minimum atomic E-state index is 0. The lowest BCUT2D eigenvalue weighted by Gasteiger charge is -2.07. The molecule has 1 aromatic carbocycles. The molecule has 20 heavy (non-hydrogen) atoms. The van der Waals surface area contributed by atoms with E-state index in [0.717, 1.165) is 50.9 Å². The van der Waals surface area contributed by atoms with Gasteiger partial charge in [0.2, 0.25) is 0 Å². The van der Waals surface area contributed by atoms with Gasteiger partial charge in [-0.15, -0.1) is 22.6 Å². The number of nitrogens with zero attached hydrogens (tertiary/aromatic N) is 3. The second-order valence-electron chi connectivity index (χ2n) is 4.64. The summed E-state index contributed by atoms with van der Waals surface area (Å²) in [6.45, 7) is 3.93. The highest BCUT2D eigenvalue weighted by Gasteiger charge is 2.14. The van der Waals surface area contributed by atoms with Gasteiger partial charge in [0.25, 0.3) is 0 Å². The van der Waals surface area contributed by atoms with Crippen LogP contribution < -0.4 is 5.32 Å². The van der Waals surface area contributed by atoms with Crippen LogP contribution in [0.25, 0.3) is 0 Å². The van der Waals surface area contributed by atoms with Crippen LogP contribution in [-0.2, 0) is 30.8 Å². The molecule has 0 amide bonds. The molecule has 1 aliphatic rings. The minimum Gasteiger partial charge on any atom is -0.379 e. The maximum atomic E-state index is 5.46. The van der Waals surface area contributed by atoms with Crippen molar-refractivity contribution in [2.45, 2.75) is 26.1 Å². The van der Waals surface area contributed by atoms with Gasteiger partial charge in [0, 0.05) is 19.5 Å². The molecule has 1 N–H and O–H groups in total. The van der Waals surface area contributed by atoms with E-state index in [1.54, 1.807) is 0 Å². The number of benzene rings is 1. The van der Waals surface area contributed by atoms with Crippen LogP contribution in [-0.4, -0.2) is 28.0 Å². The van der Waals surface area contributed by atoms with Gasteiger partial charge in [0.1, 0.15) is 11.6 Å². The molecule has 0 radical (unpaired) electrons. The Labute approximate surface area is 124 Å². The summed E-state index contributed by atoms with van der Waals surface area (Å²) in [4.78, 5) is 0. The van der Waals surface area contributed by atoms with Crippen molar-refractivity contribution in [3.63, 3.8) is 0 Å². The number of aromatic nitrogens is 3. The van der Waals surface area contributed by atoms with Crippen LogP contribution in [0.15, 0.2) is 30.3 Å². The van der Waals surface area contributed by atoms with Crippen molar-refractivity contribution >= 4 is 12.4 Å². The number of rotatable bonds is 4. The molecular weight excluding hydrogens is 276 g/mol. The fourth-order valence-corrected chi connectivity index (χ4v) is 2.28. The average molecular weight is 295 g/mol. The number of nitrogens with one attached hydrogen (secondary N) is 1. The number of hydrogen-bond donors (Lipinski definition) is 1. The Morgan fingerprint density at radius 1 is 1.10 bits per heavy atom. The average Bonchev–Trinajstić information content (AvgIpc) is 2.69. The zero-order valence-electron chi connectivity index (χ0n) is 11.3. The molecule has 2 heterocycles. The van der Waals surface area contributed by atoms with Gasteiger partial charge in [-0.2, -0.15) is 0 Å². The molecule has 0 fully saturated rings.